The van der Waals surface area contributed by atoms with E-state index in [1.807, 2.05) is 0 Å². The summed E-state index contributed by atoms with van der Waals surface area (Å²) in [6, 6.07) is 7.41. The van der Waals surface area contributed by atoms with Gasteiger partial charge in [0.2, 0.25) is 5.82 Å². The fourth-order valence-electron chi connectivity index (χ4n) is 4.05. The SMILES string of the molecule is CN(NC(=O)c1csc(C2CCN(C(=O)c3ccccc3C(F)(F)F)CC2)n1)c1ncccc1[N+](=O)[O-]. The van der Waals surface area contributed by atoms with Crippen molar-refractivity contribution < 1.29 is 27.7 Å². The number of amides is 2. The molecule has 2 amide bonds. The number of nitrogens with zero attached hydrogens (tertiary/aromatic N) is 5. The normalized spacial score (nSPS) is 14.3. The zero-order valence-electron chi connectivity index (χ0n) is 19.4. The lowest BCUT2D eigenvalue weighted by Gasteiger charge is -2.31. The van der Waals surface area contributed by atoms with Crippen LogP contribution >= 0.6 is 11.3 Å². The summed E-state index contributed by atoms with van der Waals surface area (Å²) in [5, 5.41) is 14.6. The lowest BCUT2D eigenvalue weighted by molar-refractivity contribution is -0.384. The number of hydrogen-bond donors (Lipinski definition) is 1. The van der Waals surface area contributed by atoms with Gasteiger partial charge in [0.05, 0.1) is 21.1 Å². The highest BCUT2D eigenvalue weighted by Gasteiger charge is 2.36. The van der Waals surface area contributed by atoms with Gasteiger partial charge in [-0.2, -0.15) is 13.2 Å². The third kappa shape index (κ3) is 5.69. The van der Waals surface area contributed by atoms with Crippen molar-refractivity contribution >= 4 is 34.7 Å². The minimum atomic E-state index is -4.63. The smallest absolute Gasteiger partial charge is 0.339 e. The van der Waals surface area contributed by atoms with Crippen molar-refractivity contribution in [3.63, 3.8) is 0 Å². The molecule has 0 atom stereocenters. The Bertz CT molecular complexity index is 1320. The van der Waals surface area contributed by atoms with Crippen LogP contribution < -0.4 is 10.4 Å². The van der Waals surface area contributed by atoms with Crippen molar-refractivity contribution in [3.05, 3.63) is 79.9 Å². The van der Waals surface area contributed by atoms with Gasteiger partial charge in [0.25, 0.3) is 11.8 Å². The van der Waals surface area contributed by atoms with Gasteiger partial charge in [0.15, 0.2) is 0 Å². The molecule has 2 aromatic heterocycles. The third-order valence-electron chi connectivity index (χ3n) is 5.90. The van der Waals surface area contributed by atoms with E-state index in [1.54, 1.807) is 5.38 Å². The summed E-state index contributed by atoms with van der Waals surface area (Å²) in [7, 11) is 1.42. The van der Waals surface area contributed by atoms with Crippen molar-refractivity contribution in [1.82, 2.24) is 20.3 Å². The molecule has 4 rings (SSSR count). The zero-order chi connectivity index (χ0) is 26.7. The molecule has 1 fully saturated rings. The fourth-order valence-corrected chi connectivity index (χ4v) is 5.02. The first-order valence-corrected chi connectivity index (χ1v) is 12.0. The first-order chi connectivity index (χ1) is 17.6. The number of halogens is 3. The highest BCUT2D eigenvalue weighted by Crippen LogP contribution is 2.34. The van der Waals surface area contributed by atoms with Gasteiger partial charge in [0.1, 0.15) is 5.69 Å². The highest BCUT2D eigenvalue weighted by atomic mass is 32.1. The molecule has 0 unspecified atom stereocenters. The average molecular weight is 535 g/mol. The number of hydrogen-bond acceptors (Lipinski definition) is 8. The molecule has 1 saturated heterocycles. The van der Waals surface area contributed by atoms with Crippen molar-refractivity contribution in [3.8, 4) is 0 Å². The first kappa shape index (κ1) is 26.0. The molecular formula is C23H21F3N6O4S. The third-order valence-corrected chi connectivity index (χ3v) is 6.91. The first-order valence-electron chi connectivity index (χ1n) is 11.1. The molecule has 14 heteroatoms. The van der Waals surface area contributed by atoms with Gasteiger partial charge in [-0.05, 0) is 31.0 Å². The van der Waals surface area contributed by atoms with E-state index in [0.717, 1.165) is 11.1 Å². The van der Waals surface area contributed by atoms with Gasteiger partial charge < -0.3 is 4.90 Å². The molecule has 0 saturated carbocycles. The van der Waals surface area contributed by atoms with E-state index in [-0.39, 0.29) is 41.8 Å². The second kappa shape index (κ2) is 10.5. The summed E-state index contributed by atoms with van der Waals surface area (Å²) >= 11 is 1.26. The van der Waals surface area contributed by atoms with E-state index in [9.17, 15) is 32.9 Å². The topological polar surface area (TPSA) is 122 Å². The average Bonchev–Trinajstić information content (AvgIpc) is 3.38. The minimum absolute atomic E-state index is 0.0413. The molecule has 1 aliphatic rings. The van der Waals surface area contributed by atoms with Gasteiger partial charge in [0, 0.05) is 43.7 Å². The maximum absolute atomic E-state index is 13.3. The Labute approximate surface area is 212 Å². The van der Waals surface area contributed by atoms with Gasteiger partial charge in [-0.3, -0.25) is 30.1 Å². The lowest BCUT2D eigenvalue weighted by Crippen LogP contribution is -2.40. The predicted octanol–water partition coefficient (Wildman–Crippen LogP) is 4.27. The molecule has 0 radical (unpaired) electrons. The van der Waals surface area contributed by atoms with Crippen LogP contribution in [0.2, 0.25) is 0 Å². The Morgan fingerprint density at radius 2 is 1.89 bits per heavy atom. The molecule has 1 N–H and O–H groups in total. The molecule has 0 bridgehead atoms. The number of benzene rings is 1. The van der Waals surface area contributed by atoms with Crippen LogP contribution in [0, 0.1) is 10.1 Å². The fraction of sp³-hybridized carbons (Fsp3) is 0.304. The Morgan fingerprint density at radius 1 is 1.19 bits per heavy atom. The Balaban J connectivity index is 1.38. The molecule has 3 aromatic rings. The molecule has 3 heterocycles. The quantitative estimate of drug-likeness (QED) is 0.370. The van der Waals surface area contributed by atoms with E-state index < -0.39 is 28.5 Å². The number of nitro groups is 1. The number of carbonyl (C=O) groups excluding carboxylic acids is 2. The summed E-state index contributed by atoms with van der Waals surface area (Å²) in [4.78, 5) is 45.8. The summed E-state index contributed by atoms with van der Waals surface area (Å²) < 4.78 is 39.9. The Morgan fingerprint density at radius 3 is 2.57 bits per heavy atom. The largest absolute Gasteiger partial charge is 0.417 e. The monoisotopic (exact) mass is 534 g/mol. The number of likely N-dealkylation sites (tertiary alicyclic amines) is 1. The van der Waals surface area contributed by atoms with Crippen molar-refractivity contribution in [2.45, 2.75) is 24.9 Å². The highest BCUT2D eigenvalue weighted by molar-refractivity contribution is 7.09. The van der Waals surface area contributed by atoms with E-state index in [2.05, 4.69) is 15.4 Å². The summed E-state index contributed by atoms with van der Waals surface area (Å²) in [6.07, 6.45) is -2.30. The van der Waals surface area contributed by atoms with Crippen molar-refractivity contribution in [2.24, 2.45) is 0 Å². The predicted molar refractivity (Wildman–Crippen MR) is 128 cm³/mol. The summed E-state index contributed by atoms with van der Waals surface area (Å²) in [5.41, 5.74) is 1.01. The minimum Gasteiger partial charge on any atom is -0.339 e. The van der Waals surface area contributed by atoms with E-state index in [4.69, 9.17) is 0 Å². The van der Waals surface area contributed by atoms with Gasteiger partial charge in [-0.15, -0.1) is 11.3 Å². The van der Waals surface area contributed by atoms with Crippen LogP contribution in [0.25, 0.3) is 0 Å². The number of anilines is 1. The number of nitrogens with one attached hydrogen (secondary N) is 1. The Kier molecular flexibility index (Phi) is 7.38. The standard InChI is InChI=1S/C23H21F3N6O4S/c1-30(19-18(32(35)36)7-4-10-27-19)29-20(33)17-13-37-21(28-17)14-8-11-31(12-9-14)22(34)15-5-2-3-6-16(15)23(24,25)26/h2-7,10,13-14H,8-9,11-12H2,1H3,(H,29,33). The van der Waals surface area contributed by atoms with Gasteiger partial charge >= 0.3 is 11.9 Å². The second-order valence-electron chi connectivity index (χ2n) is 8.28. The number of hydrazine groups is 1. The maximum atomic E-state index is 13.3. The number of pyridine rings is 1. The van der Waals surface area contributed by atoms with E-state index in [0.29, 0.717) is 17.8 Å². The van der Waals surface area contributed by atoms with Crippen LogP contribution in [-0.4, -0.2) is 51.7 Å². The van der Waals surface area contributed by atoms with E-state index in [1.165, 1.54) is 59.8 Å². The molecule has 0 aliphatic carbocycles. The van der Waals surface area contributed by atoms with E-state index >= 15 is 0 Å². The number of thiazole rings is 1. The molecular weight excluding hydrogens is 513 g/mol. The molecule has 10 nitrogen and oxygen atoms in total. The van der Waals surface area contributed by atoms with Crippen LogP contribution in [0.15, 0.2) is 48.0 Å². The number of carbonyl (C=O) groups is 2. The molecule has 194 valence electrons. The van der Waals surface area contributed by atoms with Crippen molar-refractivity contribution in [2.75, 3.05) is 25.1 Å². The van der Waals surface area contributed by atoms with Gasteiger partial charge in [-0.25, -0.2) is 9.97 Å². The number of aromatic nitrogens is 2. The molecule has 1 aliphatic heterocycles. The van der Waals surface area contributed by atoms with Crippen LogP contribution in [0.5, 0.6) is 0 Å². The van der Waals surface area contributed by atoms with Crippen LogP contribution in [0.1, 0.15) is 50.2 Å². The lowest BCUT2D eigenvalue weighted by atomic mass is 9.96. The maximum Gasteiger partial charge on any atom is 0.417 e. The van der Waals surface area contributed by atoms with Gasteiger partial charge in [-0.1, -0.05) is 12.1 Å². The molecule has 37 heavy (non-hydrogen) atoms. The molecule has 0 spiro atoms. The number of piperidine rings is 1. The summed E-state index contributed by atoms with van der Waals surface area (Å²) in [5.74, 6) is -1.36. The van der Waals surface area contributed by atoms with Crippen LogP contribution in [0.3, 0.4) is 0 Å². The Hall–Kier alpha value is -4.07. The summed E-state index contributed by atoms with van der Waals surface area (Å²) in [6.45, 7) is 0.506. The van der Waals surface area contributed by atoms with Crippen LogP contribution in [-0.2, 0) is 6.18 Å². The number of alkyl halides is 3. The molecule has 1 aromatic carbocycles. The van der Waals surface area contributed by atoms with Crippen molar-refractivity contribution in [1.29, 1.82) is 0 Å². The number of rotatable bonds is 6. The second-order valence-corrected chi connectivity index (χ2v) is 9.17. The zero-order valence-corrected chi connectivity index (χ0v) is 20.3. The van der Waals surface area contributed by atoms with Crippen LogP contribution in [0.4, 0.5) is 24.7 Å².